The second kappa shape index (κ2) is 3.17. The molecule has 0 amide bonds. The van der Waals surface area contributed by atoms with Crippen molar-refractivity contribution in [2.45, 2.75) is 0 Å². The van der Waals surface area contributed by atoms with Gasteiger partial charge in [-0.3, -0.25) is 5.11 Å². The van der Waals surface area contributed by atoms with Crippen molar-refractivity contribution in [1.29, 1.82) is 0 Å². The number of rotatable bonds is 2. The lowest BCUT2D eigenvalue weighted by Crippen LogP contribution is -1.84. The van der Waals surface area contributed by atoms with Gasteiger partial charge in [0.1, 0.15) is 0 Å². The quantitative estimate of drug-likeness (QED) is 0.609. The number of hydrogen-bond donors (Lipinski definition) is 0. The van der Waals surface area contributed by atoms with Gasteiger partial charge in [0.15, 0.2) is 11.3 Å². The van der Waals surface area contributed by atoms with E-state index in [1.807, 2.05) is 0 Å². The highest BCUT2D eigenvalue weighted by atomic mass is 32.1. The van der Waals surface area contributed by atoms with Crippen LogP contribution in [0.1, 0.15) is 0 Å². The predicted octanol–water partition coefficient (Wildman–Crippen LogP) is 2.17. The third-order valence-corrected chi connectivity index (χ3v) is 1.12. The van der Waals surface area contributed by atoms with Gasteiger partial charge in [-0.2, -0.15) is 0 Å². The molecule has 0 heterocycles. The summed E-state index contributed by atoms with van der Waals surface area (Å²) < 4.78 is 4.71. The Bertz CT molecular complexity index is 235. The molecular weight excluding hydrogens is 148 g/mol. The van der Waals surface area contributed by atoms with Gasteiger partial charge in [-0.15, -0.1) is 0 Å². The fraction of sp³-hybridized carbons (Fsp3) is 0. The molecule has 1 aromatic carbocycles. The van der Waals surface area contributed by atoms with Crippen molar-refractivity contribution in [2.24, 2.45) is 0 Å². The first-order chi connectivity index (χ1) is 4.84. The van der Waals surface area contributed by atoms with Crippen molar-refractivity contribution >= 4 is 17.8 Å². The van der Waals surface area contributed by atoms with E-state index < -0.39 is 0 Å². The molecule has 3 heteroatoms. The Kier molecular flexibility index (Phi) is 2.23. The van der Waals surface area contributed by atoms with E-state index in [1.54, 1.807) is 18.2 Å². The summed E-state index contributed by atoms with van der Waals surface area (Å²) in [6.07, 6.45) is 0. The first kappa shape index (κ1) is 7.02. The van der Waals surface area contributed by atoms with Crippen molar-refractivity contribution in [3.05, 3.63) is 24.3 Å². The van der Waals surface area contributed by atoms with Crippen LogP contribution < -0.4 is 4.74 Å². The second-order valence-electron chi connectivity index (χ2n) is 1.66. The van der Waals surface area contributed by atoms with Gasteiger partial charge in [0.2, 0.25) is 5.75 Å². The van der Waals surface area contributed by atoms with E-state index in [9.17, 15) is 5.11 Å². The first-order valence-electron chi connectivity index (χ1n) is 2.71. The average molecular weight is 153 g/mol. The molecule has 0 saturated carbocycles. The minimum atomic E-state index is -0.149. The van der Waals surface area contributed by atoms with Crippen LogP contribution in [-0.2, 0) is 5.11 Å². The molecule has 1 aromatic rings. The molecular formula is C7H5O2S. The van der Waals surface area contributed by atoms with Crippen molar-refractivity contribution in [1.82, 2.24) is 0 Å². The molecule has 0 aromatic heterocycles. The van der Waals surface area contributed by atoms with E-state index >= 15 is 0 Å². The molecule has 0 saturated heterocycles. The highest BCUT2D eigenvalue weighted by molar-refractivity contribution is 7.78. The summed E-state index contributed by atoms with van der Waals surface area (Å²) in [6.45, 7) is 0. The zero-order valence-electron chi connectivity index (χ0n) is 5.11. The van der Waals surface area contributed by atoms with Gasteiger partial charge in [-0.05, 0) is 24.4 Å². The molecule has 0 unspecified atom stereocenters. The van der Waals surface area contributed by atoms with Crippen LogP contribution in [0.3, 0.4) is 0 Å². The standard InChI is InChI=1S/C7H5O2S/c8-6-3-1-2-4-7(6)9-5-10/h1-5H. The average Bonchev–Trinajstić information content (AvgIpc) is 1.94. The Labute approximate surface area is 64.1 Å². The lowest BCUT2D eigenvalue weighted by Gasteiger charge is -1.96. The van der Waals surface area contributed by atoms with E-state index in [1.165, 1.54) is 6.07 Å². The third-order valence-electron chi connectivity index (χ3n) is 1.02. The van der Waals surface area contributed by atoms with Gasteiger partial charge in [-0.25, -0.2) is 0 Å². The zero-order chi connectivity index (χ0) is 7.40. The van der Waals surface area contributed by atoms with Crippen LogP contribution in [-0.4, -0.2) is 5.55 Å². The van der Waals surface area contributed by atoms with Gasteiger partial charge in [-0.1, -0.05) is 12.1 Å². The summed E-state index contributed by atoms with van der Waals surface area (Å²) in [6, 6.07) is 6.37. The first-order valence-corrected chi connectivity index (χ1v) is 3.18. The Morgan fingerprint density at radius 2 is 2.10 bits per heavy atom. The number of para-hydroxylation sites is 2. The number of ether oxygens (including phenoxy) is 1. The molecule has 0 aliphatic rings. The molecule has 0 atom stereocenters. The van der Waals surface area contributed by atoms with Crippen molar-refractivity contribution < 1.29 is 9.84 Å². The molecule has 0 bridgehead atoms. The summed E-state index contributed by atoms with van der Waals surface area (Å²) in [4.78, 5) is 0. The summed E-state index contributed by atoms with van der Waals surface area (Å²) in [5.74, 6) is 0.126. The van der Waals surface area contributed by atoms with Crippen LogP contribution in [0.25, 0.3) is 0 Å². The largest absolute Gasteiger partial charge is 0.449 e. The molecule has 0 aliphatic heterocycles. The van der Waals surface area contributed by atoms with Crippen LogP contribution in [0.5, 0.6) is 11.5 Å². The number of benzene rings is 1. The van der Waals surface area contributed by atoms with Gasteiger partial charge >= 0.3 is 0 Å². The lowest BCUT2D eigenvalue weighted by atomic mass is 10.3. The van der Waals surface area contributed by atoms with E-state index in [4.69, 9.17) is 4.74 Å². The minimum absolute atomic E-state index is 0.149. The maximum absolute atomic E-state index is 10.8. The topological polar surface area (TPSA) is 29.1 Å². The number of hydrogen-bond acceptors (Lipinski definition) is 2. The highest BCUT2D eigenvalue weighted by Gasteiger charge is 1.98. The van der Waals surface area contributed by atoms with Crippen LogP contribution in [0.4, 0.5) is 0 Å². The molecule has 51 valence electrons. The lowest BCUT2D eigenvalue weighted by molar-refractivity contribution is 0.338. The molecule has 10 heavy (non-hydrogen) atoms. The molecule has 0 N–H and O–H groups in total. The minimum Gasteiger partial charge on any atom is -0.449 e. The van der Waals surface area contributed by atoms with E-state index in [0.717, 1.165) is 5.55 Å². The fourth-order valence-electron chi connectivity index (χ4n) is 0.599. The Hall–Kier alpha value is -1.09. The van der Waals surface area contributed by atoms with Crippen LogP contribution in [0, 0.1) is 0 Å². The Balaban J connectivity index is 2.91. The molecule has 2 nitrogen and oxygen atoms in total. The van der Waals surface area contributed by atoms with Crippen molar-refractivity contribution in [2.75, 3.05) is 0 Å². The van der Waals surface area contributed by atoms with Gasteiger partial charge in [0.05, 0.1) is 0 Å². The summed E-state index contributed by atoms with van der Waals surface area (Å²) in [5.41, 5.74) is 1.07. The Morgan fingerprint density at radius 1 is 1.40 bits per heavy atom. The van der Waals surface area contributed by atoms with Crippen LogP contribution in [0.2, 0.25) is 0 Å². The Morgan fingerprint density at radius 3 is 2.70 bits per heavy atom. The monoisotopic (exact) mass is 153 g/mol. The maximum atomic E-state index is 10.8. The maximum Gasteiger partial charge on any atom is 0.221 e. The zero-order valence-corrected chi connectivity index (χ0v) is 5.93. The van der Waals surface area contributed by atoms with Crippen LogP contribution in [0.15, 0.2) is 24.3 Å². The second-order valence-corrected chi connectivity index (χ2v) is 1.85. The van der Waals surface area contributed by atoms with E-state index in [-0.39, 0.29) is 11.5 Å². The van der Waals surface area contributed by atoms with E-state index in [2.05, 4.69) is 12.2 Å². The summed E-state index contributed by atoms with van der Waals surface area (Å²) in [5, 5.41) is 10.8. The molecule has 1 radical (unpaired) electrons. The summed E-state index contributed by atoms with van der Waals surface area (Å²) in [7, 11) is 0. The van der Waals surface area contributed by atoms with Crippen molar-refractivity contribution in [3.8, 4) is 11.5 Å². The van der Waals surface area contributed by atoms with Gasteiger partial charge < -0.3 is 4.74 Å². The smallest absolute Gasteiger partial charge is 0.221 e. The predicted molar refractivity (Wildman–Crippen MR) is 40.9 cm³/mol. The molecule has 1 rings (SSSR count). The van der Waals surface area contributed by atoms with Gasteiger partial charge in [0.25, 0.3) is 0 Å². The van der Waals surface area contributed by atoms with E-state index in [0.29, 0.717) is 0 Å². The number of thiocarbonyl (C=S) groups is 1. The van der Waals surface area contributed by atoms with Crippen molar-refractivity contribution in [3.63, 3.8) is 0 Å². The summed E-state index contributed by atoms with van der Waals surface area (Å²) >= 11 is 4.41. The SMILES string of the molecule is [O]c1ccccc1OC=S. The van der Waals surface area contributed by atoms with Gasteiger partial charge in [0, 0.05) is 0 Å². The molecule has 0 fully saturated rings. The fourth-order valence-corrected chi connectivity index (χ4v) is 0.703. The normalized spacial score (nSPS) is 8.80. The molecule has 0 spiro atoms. The third kappa shape index (κ3) is 1.45. The molecule has 0 aliphatic carbocycles. The highest BCUT2D eigenvalue weighted by Crippen LogP contribution is 2.24. The van der Waals surface area contributed by atoms with Crippen LogP contribution >= 0.6 is 12.2 Å².